The van der Waals surface area contributed by atoms with Gasteiger partial charge in [-0.3, -0.25) is 0 Å². The molecule has 1 unspecified atom stereocenters. The molecule has 5 heteroatoms. The van der Waals surface area contributed by atoms with Crippen molar-refractivity contribution in [1.82, 2.24) is 4.90 Å². The summed E-state index contributed by atoms with van der Waals surface area (Å²) >= 11 is 9.26. The van der Waals surface area contributed by atoms with E-state index in [2.05, 4.69) is 20.8 Å². The molecule has 0 aliphatic carbocycles. The lowest BCUT2D eigenvalue weighted by Gasteiger charge is -2.20. The van der Waals surface area contributed by atoms with Crippen molar-refractivity contribution < 1.29 is 9.13 Å². The lowest BCUT2D eigenvalue weighted by atomic mass is 10.2. The summed E-state index contributed by atoms with van der Waals surface area (Å²) in [5, 5.41) is 0.170. The van der Waals surface area contributed by atoms with Crippen LogP contribution in [-0.2, 0) is 11.3 Å². The van der Waals surface area contributed by atoms with Gasteiger partial charge in [0.2, 0.25) is 0 Å². The van der Waals surface area contributed by atoms with Crippen LogP contribution < -0.4 is 0 Å². The molecule has 17 heavy (non-hydrogen) atoms. The summed E-state index contributed by atoms with van der Waals surface area (Å²) in [5.41, 5.74) is 0.996. The Balaban J connectivity index is 2.50. The van der Waals surface area contributed by atoms with E-state index in [0.29, 0.717) is 6.61 Å². The van der Waals surface area contributed by atoms with Crippen molar-refractivity contribution >= 4 is 27.5 Å². The maximum Gasteiger partial charge on any atom is 0.141 e. The van der Waals surface area contributed by atoms with Crippen LogP contribution in [0.2, 0.25) is 5.02 Å². The van der Waals surface area contributed by atoms with Gasteiger partial charge >= 0.3 is 0 Å². The van der Waals surface area contributed by atoms with E-state index in [4.69, 9.17) is 16.3 Å². The molecule has 2 nitrogen and oxygen atoms in total. The zero-order valence-electron chi connectivity index (χ0n) is 9.92. The van der Waals surface area contributed by atoms with Crippen LogP contribution >= 0.6 is 27.5 Å². The van der Waals surface area contributed by atoms with Gasteiger partial charge in [0.05, 0.1) is 16.5 Å². The molecule has 0 bridgehead atoms. The van der Waals surface area contributed by atoms with E-state index in [1.165, 1.54) is 6.07 Å². The number of nitrogens with zero attached hydrogens (tertiary/aromatic N) is 1. The van der Waals surface area contributed by atoms with Crippen molar-refractivity contribution in [2.75, 3.05) is 27.3 Å². The fourth-order valence-electron chi connectivity index (χ4n) is 1.59. The molecule has 96 valence electrons. The molecule has 0 N–H and O–H groups in total. The molecule has 1 atom stereocenters. The molecule has 0 aliphatic rings. The van der Waals surface area contributed by atoms with Crippen LogP contribution in [0.25, 0.3) is 0 Å². The Hall–Kier alpha value is -0.160. The second-order valence-corrected chi connectivity index (χ2v) is 5.70. The van der Waals surface area contributed by atoms with E-state index >= 15 is 0 Å². The summed E-state index contributed by atoms with van der Waals surface area (Å²) < 4.78 is 18.0. The standard InChI is InChI=1S/C12H16BrClFNO/c1-16(7-10(13)8-17-2)6-9-3-4-12(15)11(14)5-9/h3-5,10H,6-8H2,1-2H3. The minimum atomic E-state index is -0.379. The van der Waals surface area contributed by atoms with E-state index in [1.807, 2.05) is 7.05 Å². The first kappa shape index (κ1) is 14.9. The molecular weight excluding hydrogens is 308 g/mol. The number of methoxy groups -OCH3 is 1. The Labute approximate surface area is 115 Å². The second-order valence-electron chi connectivity index (χ2n) is 4.00. The van der Waals surface area contributed by atoms with Crippen LogP contribution in [0.1, 0.15) is 5.56 Å². The summed E-state index contributed by atoms with van der Waals surface area (Å²) in [4.78, 5) is 2.41. The Morgan fingerprint density at radius 3 is 2.82 bits per heavy atom. The van der Waals surface area contributed by atoms with Crippen molar-refractivity contribution in [3.05, 3.63) is 34.6 Å². The summed E-state index contributed by atoms with van der Waals surface area (Å²) in [6.07, 6.45) is 0. The van der Waals surface area contributed by atoms with Gasteiger partial charge in [0.15, 0.2) is 0 Å². The number of hydrogen-bond donors (Lipinski definition) is 0. The van der Waals surface area contributed by atoms with Crippen molar-refractivity contribution in [2.45, 2.75) is 11.4 Å². The summed E-state index contributed by atoms with van der Waals surface area (Å²) in [6.45, 7) is 2.24. The van der Waals surface area contributed by atoms with E-state index in [0.717, 1.165) is 18.7 Å². The molecule has 0 fully saturated rings. The summed E-state index contributed by atoms with van der Waals surface area (Å²) in [6, 6.07) is 4.80. The van der Waals surface area contributed by atoms with Crippen LogP contribution in [0.5, 0.6) is 0 Å². The highest BCUT2D eigenvalue weighted by Crippen LogP contribution is 2.17. The number of hydrogen-bond acceptors (Lipinski definition) is 2. The lowest BCUT2D eigenvalue weighted by Crippen LogP contribution is -2.28. The first-order chi connectivity index (χ1) is 8.02. The van der Waals surface area contributed by atoms with Crippen molar-refractivity contribution in [2.24, 2.45) is 0 Å². The predicted molar refractivity (Wildman–Crippen MR) is 72.3 cm³/mol. The topological polar surface area (TPSA) is 12.5 Å². The lowest BCUT2D eigenvalue weighted by molar-refractivity contribution is 0.185. The Morgan fingerprint density at radius 1 is 1.53 bits per heavy atom. The van der Waals surface area contributed by atoms with Gasteiger partial charge in [-0.15, -0.1) is 0 Å². The zero-order valence-corrected chi connectivity index (χ0v) is 12.3. The molecule has 1 aromatic carbocycles. The number of halogens is 3. The van der Waals surface area contributed by atoms with Gasteiger partial charge in [0, 0.05) is 20.2 Å². The van der Waals surface area contributed by atoms with Gasteiger partial charge in [-0.05, 0) is 24.7 Å². The minimum absolute atomic E-state index is 0.170. The average molecular weight is 325 g/mol. The zero-order chi connectivity index (χ0) is 12.8. The fourth-order valence-corrected chi connectivity index (χ4v) is 2.55. The molecule has 0 radical (unpaired) electrons. The maximum atomic E-state index is 13.0. The quantitative estimate of drug-likeness (QED) is 0.744. The number of benzene rings is 1. The number of rotatable bonds is 6. The molecule has 1 aromatic rings. The summed E-state index contributed by atoms with van der Waals surface area (Å²) in [7, 11) is 3.68. The Bertz CT molecular complexity index is 364. The average Bonchev–Trinajstić information content (AvgIpc) is 2.23. The molecule has 0 spiro atoms. The number of alkyl halides is 1. The molecule has 0 aromatic heterocycles. The maximum absolute atomic E-state index is 13.0. The number of ether oxygens (including phenoxy) is 1. The van der Waals surface area contributed by atoms with Crippen LogP contribution in [0.3, 0.4) is 0 Å². The van der Waals surface area contributed by atoms with E-state index in [9.17, 15) is 4.39 Å². The fraction of sp³-hybridized carbons (Fsp3) is 0.500. The van der Waals surface area contributed by atoms with Gasteiger partial charge in [-0.2, -0.15) is 0 Å². The highest BCUT2D eigenvalue weighted by Gasteiger charge is 2.09. The predicted octanol–water partition coefficient (Wildman–Crippen LogP) is 3.32. The minimum Gasteiger partial charge on any atom is -0.383 e. The van der Waals surface area contributed by atoms with Crippen molar-refractivity contribution in [1.29, 1.82) is 0 Å². The molecule has 0 saturated carbocycles. The van der Waals surface area contributed by atoms with E-state index < -0.39 is 0 Å². The third-order valence-electron chi connectivity index (χ3n) is 2.29. The summed E-state index contributed by atoms with van der Waals surface area (Å²) in [5.74, 6) is -0.379. The second kappa shape index (κ2) is 7.31. The first-order valence-corrected chi connectivity index (χ1v) is 6.57. The van der Waals surface area contributed by atoms with Crippen molar-refractivity contribution in [3.63, 3.8) is 0 Å². The highest BCUT2D eigenvalue weighted by atomic mass is 79.9. The largest absolute Gasteiger partial charge is 0.383 e. The van der Waals surface area contributed by atoms with Crippen LogP contribution in [0.15, 0.2) is 18.2 Å². The molecule has 0 saturated heterocycles. The Morgan fingerprint density at radius 2 is 2.24 bits per heavy atom. The van der Waals surface area contributed by atoms with E-state index in [1.54, 1.807) is 19.2 Å². The van der Waals surface area contributed by atoms with Gasteiger partial charge < -0.3 is 9.64 Å². The molecule has 0 aliphatic heterocycles. The van der Waals surface area contributed by atoms with Gasteiger partial charge in [-0.25, -0.2) is 4.39 Å². The van der Waals surface area contributed by atoms with Crippen molar-refractivity contribution in [3.8, 4) is 0 Å². The first-order valence-electron chi connectivity index (χ1n) is 5.28. The molecular formula is C12H16BrClFNO. The molecule has 1 rings (SSSR count). The third-order valence-corrected chi connectivity index (χ3v) is 3.14. The van der Waals surface area contributed by atoms with Gasteiger partial charge in [0.25, 0.3) is 0 Å². The van der Waals surface area contributed by atoms with Crippen LogP contribution in [-0.4, -0.2) is 37.0 Å². The molecule has 0 heterocycles. The molecule has 0 amide bonds. The van der Waals surface area contributed by atoms with Crippen LogP contribution in [0.4, 0.5) is 4.39 Å². The van der Waals surface area contributed by atoms with Crippen LogP contribution in [0, 0.1) is 5.82 Å². The monoisotopic (exact) mass is 323 g/mol. The van der Waals surface area contributed by atoms with Gasteiger partial charge in [-0.1, -0.05) is 33.6 Å². The highest BCUT2D eigenvalue weighted by molar-refractivity contribution is 9.09. The smallest absolute Gasteiger partial charge is 0.141 e. The SMILES string of the molecule is COCC(Br)CN(C)Cc1ccc(F)c(Cl)c1. The normalized spacial score (nSPS) is 13.1. The van der Waals surface area contributed by atoms with Gasteiger partial charge in [0.1, 0.15) is 5.82 Å². The Kier molecular flexibility index (Phi) is 6.41. The third kappa shape index (κ3) is 5.34. The van der Waals surface area contributed by atoms with E-state index in [-0.39, 0.29) is 15.7 Å².